The Balaban J connectivity index is 0.000000981. The number of carbonyl (C=O) groups is 3. The lowest BCUT2D eigenvalue weighted by atomic mass is 9.81. The fourth-order valence-corrected chi connectivity index (χ4v) is 3.99. The third-order valence-corrected chi connectivity index (χ3v) is 5.90. The minimum absolute atomic E-state index is 0.0290. The molecule has 2 fully saturated rings. The van der Waals surface area contributed by atoms with Gasteiger partial charge in [0.2, 0.25) is 11.8 Å². The average Bonchev–Trinajstić information content (AvgIpc) is 2.71. The maximum absolute atomic E-state index is 12.4. The van der Waals surface area contributed by atoms with E-state index in [1.165, 1.54) is 11.3 Å². The van der Waals surface area contributed by atoms with Crippen molar-refractivity contribution in [3.63, 3.8) is 0 Å². The summed E-state index contributed by atoms with van der Waals surface area (Å²) in [6, 6.07) is -0.700. The number of likely N-dealkylation sites (N-methyl/N-ethyl adjacent to an activating group) is 1. The first kappa shape index (κ1) is 28.9. The molecular formula is C19H36N6O7S. The van der Waals surface area contributed by atoms with Crippen LogP contribution in [0.3, 0.4) is 0 Å². The van der Waals surface area contributed by atoms with Gasteiger partial charge in [-0.3, -0.25) is 29.4 Å². The third kappa shape index (κ3) is 11.5. The summed E-state index contributed by atoms with van der Waals surface area (Å²) in [5.74, 6) is -0.139. The van der Waals surface area contributed by atoms with Crippen molar-refractivity contribution in [2.45, 2.75) is 69.5 Å². The van der Waals surface area contributed by atoms with E-state index < -0.39 is 22.3 Å². The van der Waals surface area contributed by atoms with E-state index in [0.717, 1.165) is 44.9 Å². The van der Waals surface area contributed by atoms with E-state index in [1.54, 1.807) is 7.05 Å². The van der Waals surface area contributed by atoms with Crippen LogP contribution in [-0.2, 0) is 24.8 Å². The molecule has 2 rings (SSSR count). The molecule has 1 saturated heterocycles. The highest BCUT2D eigenvalue weighted by atomic mass is 32.3. The summed E-state index contributed by atoms with van der Waals surface area (Å²) in [5.41, 5.74) is 5.29. The third-order valence-electron chi connectivity index (χ3n) is 5.90. The Morgan fingerprint density at radius 2 is 1.79 bits per heavy atom. The van der Waals surface area contributed by atoms with E-state index >= 15 is 0 Å². The lowest BCUT2D eigenvalue weighted by Gasteiger charge is -2.35. The van der Waals surface area contributed by atoms with Crippen LogP contribution in [-0.4, -0.2) is 84.7 Å². The standard InChI is InChI=1S/C19H34N6O3.H2O4S/c1-25(18(28)16-9-10-22-16)14(12-26)7-8-15(13-5-3-2-4-6-13)23-19(21)24-17(27)11-20;1-5(2,3)4/h12-16,22H,2-11,20H2,1H3,(H3,21,23,24,27);(H2,1,2,3,4)/t14-,15?,16?;/m0./s1. The largest absolute Gasteiger partial charge is 0.394 e. The predicted molar refractivity (Wildman–Crippen MR) is 121 cm³/mol. The van der Waals surface area contributed by atoms with Gasteiger partial charge < -0.3 is 26.1 Å². The number of aldehydes is 1. The molecule has 13 nitrogen and oxygen atoms in total. The molecular weight excluding hydrogens is 456 g/mol. The lowest BCUT2D eigenvalue weighted by molar-refractivity contribution is -0.138. The SMILES string of the molecule is CN(C(=O)C1CCN1)[C@H](C=O)CCC(NC(=N)NC(=O)CN)C1CCCCC1.O=S(=O)(O)O. The molecule has 0 radical (unpaired) electrons. The zero-order chi connectivity index (χ0) is 25.0. The van der Waals surface area contributed by atoms with Crippen LogP contribution in [0, 0.1) is 11.3 Å². The van der Waals surface area contributed by atoms with Crippen LogP contribution in [0.15, 0.2) is 0 Å². The second kappa shape index (κ2) is 14.2. The number of hydrogen-bond acceptors (Lipinski definition) is 8. The Labute approximate surface area is 194 Å². The van der Waals surface area contributed by atoms with Crippen molar-refractivity contribution in [2.75, 3.05) is 20.1 Å². The van der Waals surface area contributed by atoms with E-state index in [1.807, 2.05) is 0 Å². The molecule has 1 aliphatic heterocycles. The van der Waals surface area contributed by atoms with Gasteiger partial charge in [0.1, 0.15) is 6.29 Å². The van der Waals surface area contributed by atoms with Crippen LogP contribution in [0.1, 0.15) is 51.4 Å². The number of nitrogens with two attached hydrogens (primary N) is 1. The molecule has 1 saturated carbocycles. The van der Waals surface area contributed by atoms with Gasteiger partial charge in [-0.1, -0.05) is 19.3 Å². The van der Waals surface area contributed by atoms with Crippen LogP contribution < -0.4 is 21.7 Å². The molecule has 0 aromatic carbocycles. The molecule has 33 heavy (non-hydrogen) atoms. The molecule has 2 aliphatic rings. The Morgan fingerprint density at radius 1 is 1.21 bits per heavy atom. The first-order valence-electron chi connectivity index (χ1n) is 11.0. The van der Waals surface area contributed by atoms with Crippen molar-refractivity contribution in [1.29, 1.82) is 5.41 Å². The topological polar surface area (TPSA) is 215 Å². The van der Waals surface area contributed by atoms with Gasteiger partial charge in [-0.25, -0.2) is 0 Å². The molecule has 2 unspecified atom stereocenters. The summed E-state index contributed by atoms with van der Waals surface area (Å²) in [6.07, 6.45) is 8.42. The highest BCUT2D eigenvalue weighted by molar-refractivity contribution is 7.79. The van der Waals surface area contributed by atoms with Gasteiger partial charge in [0.05, 0.1) is 18.6 Å². The molecule has 0 aromatic heterocycles. The smallest absolute Gasteiger partial charge is 0.353 e. The van der Waals surface area contributed by atoms with Gasteiger partial charge in [0, 0.05) is 13.1 Å². The summed E-state index contributed by atoms with van der Waals surface area (Å²) >= 11 is 0. The maximum Gasteiger partial charge on any atom is 0.394 e. The number of rotatable bonds is 9. The second-order valence-electron chi connectivity index (χ2n) is 8.25. The van der Waals surface area contributed by atoms with E-state index in [2.05, 4.69) is 16.0 Å². The Morgan fingerprint density at radius 3 is 2.24 bits per heavy atom. The van der Waals surface area contributed by atoms with Gasteiger partial charge in [0.25, 0.3) is 0 Å². The Kier molecular flexibility index (Phi) is 12.4. The van der Waals surface area contributed by atoms with Gasteiger partial charge in [0.15, 0.2) is 5.96 Å². The number of nitrogens with zero attached hydrogens (tertiary/aromatic N) is 1. The molecule has 190 valence electrons. The summed E-state index contributed by atoms with van der Waals surface area (Å²) in [5, 5.41) is 16.6. The minimum atomic E-state index is -4.67. The van der Waals surface area contributed by atoms with Crippen molar-refractivity contribution in [2.24, 2.45) is 11.7 Å². The summed E-state index contributed by atoms with van der Waals surface area (Å²) in [4.78, 5) is 37.0. The van der Waals surface area contributed by atoms with Crippen LogP contribution in [0.25, 0.3) is 0 Å². The fraction of sp³-hybridized carbons (Fsp3) is 0.789. The highest BCUT2D eigenvalue weighted by Crippen LogP contribution is 2.29. The van der Waals surface area contributed by atoms with Crippen molar-refractivity contribution < 1.29 is 31.9 Å². The molecule has 1 aliphatic carbocycles. The molecule has 0 spiro atoms. The predicted octanol–water partition coefficient (Wildman–Crippen LogP) is -0.950. The lowest BCUT2D eigenvalue weighted by Crippen LogP contribution is -2.56. The minimum Gasteiger partial charge on any atom is -0.353 e. The van der Waals surface area contributed by atoms with Crippen molar-refractivity contribution in [3.05, 3.63) is 0 Å². The van der Waals surface area contributed by atoms with Crippen LogP contribution in [0.5, 0.6) is 0 Å². The van der Waals surface area contributed by atoms with Gasteiger partial charge >= 0.3 is 10.4 Å². The van der Waals surface area contributed by atoms with Gasteiger partial charge in [-0.05, 0) is 44.6 Å². The number of amides is 2. The van der Waals surface area contributed by atoms with Crippen molar-refractivity contribution in [3.8, 4) is 0 Å². The quantitative estimate of drug-likeness (QED) is 0.0906. The molecule has 0 bridgehead atoms. The molecule has 1 heterocycles. The maximum atomic E-state index is 12.4. The number of guanidine groups is 1. The van der Waals surface area contributed by atoms with E-state index in [-0.39, 0.29) is 30.5 Å². The van der Waals surface area contributed by atoms with E-state index in [9.17, 15) is 14.4 Å². The molecule has 0 aromatic rings. The summed E-state index contributed by atoms with van der Waals surface area (Å²) in [6.45, 7) is 0.661. The Bertz CT molecular complexity index is 761. The average molecular weight is 493 g/mol. The molecule has 14 heteroatoms. The summed E-state index contributed by atoms with van der Waals surface area (Å²) < 4.78 is 31.6. The first-order valence-corrected chi connectivity index (χ1v) is 12.4. The second-order valence-corrected chi connectivity index (χ2v) is 9.15. The number of carbonyl (C=O) groups excluding carboxylic acids is 3. The first-order chi connectivity index (χ1) is 15.5. The van der Waals surface area contributed by atoms with Crippen LogP contribution >= 0.6 is 0 Å². The van der Waals surface area contributed by atoms with Crippen molar-refractivity contribution >= 4 is 34.5 Å². The summed E-state index contributed by atoms with van der Waals surface area (Å²) in [7, 11) is -2.99. The number of hydrogen-bond donors (Lipinski definition) is 7. The molecule has 3 atom stereocenters. The highest BCUT2D eigenvalue weighted by Gasteiger charge is 2.32. The number of nitrogens with one attached hydrogen (secondary N) is 4. The van der Waals surface area contributed by atoms with Gasteiger partial charge in [-0.2, -0.15) is 8.42 Å². The van der Waals surface area contributed by atoms with E-state index in [0.29, 0.717) is 18.8 Å². The van der Waals surface area contributed by atoms with Gasteiger partial charge in [-0.15, -0.1) is 0 Å². The van der Waals surface area contributed by atoms with Crippen LogP contribution in [0.4, 0.5) is 0 Å². The fourth-order valence-electron chi connectivity index (χ4n) is 3.99. The van der Waals surface area contributed by atoms with Crippen LogP contribution in [0.2, 0.25) is 0 Å². The normalized spacial score (nSPS) is 20.2. The Hall–Kier alpha value is -2.13. The molecule has 2 amide bonds. The zero-order valence-electron chi connectivity index (χ0n) is 18.8. The monoisotopic (exact) mass is 492 g/mol. The zero-order valence-corrected chi connectivity index (χ0v) is 19.6. The van der Waals surface area contributed by atoms with E-state index in [4.69, 9.17) is 28.7 Å². The molecule has 8 N–H and O–H groups in total. The van der Waals surface area contributed by atoms with Crippen molar-refractivity contribution in [1.82, 2.24) is 20.9 Å².